The van der Waals surface area contributed by atoms with Crippen LogP contribution in [0.25, 0.3) is 0 Å². The lowest BCUT2D eigenvalue weighted by molar-refractivity contribution is 0.102. The molecule has 3 aromatic rings. The molecular weight excluding hydrogens is 312 g/mol. The van der Waals surface area contributed by atoms with E-state index in [9.17, 15) is 9.59 Å². The lowest BCUT2D eigenvalue weighted by Crippen LogP contribution is -2.29. The van der Waals surface area contributed by atoms with Crippen molar-refractivity contribution in [3.05, 3.63) is 99.5 Å². The Labute approximate surface area is 146 Å². The minimum absolute atomic E-state index is 0.134. The first-order valence-electron chi connectivity index (χ1n) is 8.16. The van der Waals surface area contributed by atoms with Crippen LogP contribution in [-0.2, 0) is 6.54 Å². The summed E-state index contributed by atoms with van der Waals surface area (Å²) in [7, 11) is 0. The average molecular weight is 332 g/mol. The fourth-order valence-corrected chi connectivity index (χ4v) is 2.56. The molecule has 4 heteroatoms. The summed E-state index contributed by atoms with van der Waals surface area (Å²) in [5, 5.41) is 2.77. The van der Waals surface area contributed by atoms with Crippen LogP contribution in [0.15, 0.2) is 71.7 Å². The molecule has 3 rings (SSSR count). The van der Waals surface area contributed by atoms with Crippen molar-refractivity contribution in [2.45, 2.75) is 20.4 Å². The average Bonchev–Trinajstić information content (AvgIpc) is 2.60. The molecule has 0 fully saturated rings. The highest BCUT2D eigenvalue weighted by Gasteiger charge is 2.12. The number of rotatable bonds is 4. The molecule has 0 bridgehead atoms. The number of hydrogen-bond acceptors (Lipinski definition) is 2. The van der Waals surface area contributed by atoms with Crippen LogP contribution < -0.4 is 10.9 Å². The van der Waals surface area contributed by atoms with Gasteiger partial charge in [-0.1, -0.05) is 47.5 Å². The lowest BCUT2D eigenvalue weighted by Gasteiger charge is -2.09. The van der Waals surface area contributed by atoms with Crippen molar-refractivity contribution >= 4 is 11.6 Å². The van der Waals surface area contributed by atoms with Gasteiger partial charge in [0.2, 0.25) is 0 Å². The van der Waals surface area contributed by atoms with Gasteiger partial charge in [-0.2, -0.15) is 0 Å². The molecule has 0 radical (unpaired) electrons. The first-order valence-corrected chi connectivity index (χ1v) is 8.16. The van der Waals surface area contributed by atoms with Crippen LogP contribution >= 0.6 is 0 Å². The third kappa shape index (κ3) is 4.04. The van der Waals surface area contributed by atoms with E-state index in [-0.39, 0.29) is 11.1 Å². The molecule has 1 N–H and O–H groups in total. The summed E-state index contributed by atoms with van der Waals surface area (Å²) in [4.78, 5) is 25.1. The molecule has 0 aliphatic rings. The number of benzene rings is 2. The molecule has 1 heterocycles. The van der Waals surface area contributed by atoms with Crippen LogP contribution in [0.5, 0.6) is 0 Å². The van der Waals surface area contributed by atoms with Gasteiger partial charge in [0.25, 0.3) is 11.5 Å². The van der Waals surface area contributed by atoms with Gasteiger partial charge in [-0.25, -0.2) is 0 Å². The molecule has 4 nitrogen and oxygen atoms in total. The standard InChI is InChI=1S/C21H20N2O2/c1-15-5-9-17(10-6-15)14-23-13-3-4-19(21(23)25)20(24)22-18-11-7-16(2)8-12-18/h3-13H,14H2,1-2H3,(H,22,24). The molecule has 0 saturated carbocycles. The zero-order valence-corrected chi connectivity index (χ0v) is 14.3. The molecular formula is C21H20N2O2. The summed E-state index contributed by atoms with van der Waals surface area (Å²) in [6, 6.07) is 18.7. The van der Waals surface area contributed by atoms with Crippen molar-refractivity contribution < 1.29 is 4.79 Å². The summed E-state index contributed by atoms with van der Waals surface area (Å²) in [6.07, 6.45) is 1.70. The molecule has 2 aromatic carbocycles. The first kappa shape index (κ1) is 16.7. The Morgan fingerprint density at radius 1 is 0.920 bits per heavy atom. The van der Waals surface area contributed by atoms with E-state index >= 15 is 0 Å². The monoisotopic (exact) mass is 332 g/mol. The van der Waals surface area contributed by atoms with Gasteiger partial charge in [-0.3, -0.25) is 9.59 Å². The Balaban J connectivity index is 1.82. The van der Waals surface area contributed by atoms with Gasteiger partial charge in [-0.15, -0.1) is 0 Å². The molecule has 0 saturated heterocycles. The van der Waals surface area contributed by atoms with Crippen LogP contribution in [0, 0.1) is 13.8 Å². The van der Waals surface area contributed by atoms with Crippen LogP contribution in [0.4, 0.5) is 5.69 Å². The topological polar surface area (TPSA) is 51.1 Å². The molecule has 1 amide bonds. The van der Waals surface area contributed by atoms with Gasteiger partial charge < -0.3 is 9.88 Å². The van der Waals surface area contributed by atoms with Gasteiger partial charge in [0.1, 0.15) is 5.56 Å². The third-order valence-electron chi connectivity index (χ3n) is 4.05. The normalized spacial score (nSPS) is 10.5. The van der Waals surface area contributed by atoms with Crippen LogP contribution in [0.1, 0.15) is 27.0 Å². The molecule has 1 aromatic heterocycles. The number of aryl methyl sites for hydroxylation is 2. The Morgan fingerprint density at radius 2 is 1.52 bits per heavy atom. The van der Waals surface area contributed by atoms with Crippen LogP contribution in [0.3, 0.4) is 0 Å². The summed E-state index contributed by atoms with van der Waals surface area (Å²) >= 11 is 0. The molecule has 0 aliphatic heterocycles. The van der Waals surface area contributed by atoms with Crippen molar-refractivity contribution in [1.82, 2.24) is 4.57 Å². The number of carbonyl (C=O) groups is 1. The minimum Gasteiger partial charge on any atom is -0.322 e. The molecule has 0 unspecified atom stereocenters. The van der Waals surface area contributed by atoms with Gasteiger partial charge in [0, 0.05) is 11.9 Å². The van der Waals surface area contributed by atoms with Gasteiger partial charge in [-0.05, 0) is 43.7 Å². The fraction of sp³-hybridized carbons (Fsp3) is 0.143. The van der Waals surface area contributed by atoms with E-state index in [0.717, 1.165) is 11.1 Å². The largest absolute Gasteiger partial charge is 0.322 e. The van der Waals surface area contributed by atoms with Crippen molar-refractivity contribution in [2.75, 3.05) is 5.32 Å². The third-order valence-corrected chi connectivity index (χ3v) is 4.05. The SMILES string of the molecule is Cc1ccc(Cn2cccc(C(=O)Nc3ccc(C)cc3)c2=O)cc1. The maximum atomic E-state index is 12.6. The Bertz CT molecular complexity index is 939. The molecule has 25 heavy (non-hydrogen) atoms. The second-order valence-corrected chi connectivity index (χ2v) is 6.16. The van der Waals surface area contributed by atoms with E-state index < -0.39 is 5.91 Å². The molecule has 0 atom stereocenters. The smallest absolute Gasteiger partial charge is 0.263 e. The Morgan fingerprint density at radius 3 is 2.16 bits per heavy atom. The van der Waals surface area contributed by atoms with E-state index in [1.54, 1.807) is 22.9 Å². The fourth-order valence-electron chi connectivity index (χ4n) is 2.56. The van der Waals surface area contributed by atoms with Gasteiger partial charge in [0.05, 0.1) is 6.54 Å². The Hall–Kier alpha value is -3.14. The summed E-state index contributed by atoms with van der Waals surface area (Å²) in [5.41, 5.74) is 3.80. The lowest BCUT2D eigenvalue weighted by atomic mass is 10.1. The van der Waals surface area contributed by atoms with Crippen molar-refractivity contribution in [3.63, 3.8) is 0 Å². The van der Waals surface area contributed by atoms with Crippen molar-refractivity contribution in [2.24, 2.45) is 0 Å². The highest BCUT2D eigenvalue weighted by molar-refractivity contribution is 6.03. The number of anilines is 1. The number of aromatic nitrogens is 1. The molecule has 0 aliphatic carbocycles. The number of nitrogens with zero attached hydrogens (tertiary/aromatic N) is 1. The summed E-state index contributed by atoms with van der Waals surface area (Å²) < 4.78 is 1.55. The first-order chi connectivity index (χ1) is 12.0. The predicted octanol–water partition coefficient (Wildman–Crippen LogP) is 3.77. The second kappa shape index (κ2) is 7.18. The predicted molar refractivity (Wildman–Crippen MR) is 100 cm³/mol. The minimum atomic E-state index is -0.396. The zero-order chi connectivity index (χ0) is 17.8. The highest BCUT2D eigenvalue weighted by Crippen LogP contribution is 2.10. The molecule has 0 spiro atoms. The maximum absolute atomic E-state index is 12.6. The summed E-state index contributed by atoms with van der Waals surface area (Å²) in [5.74, 6) is -0.396. The number of nitrogens with one attached hydrogen (secondary N) is 1. The number of carbonyl (C=O) groups excluding carboxylic acids is 1. The van der Waals surface area contributed by atoms with E-state index in [1.807, 2.05) is 62.4 Å². The highest BCUT2D eigenvalue weighted by atomic mass is 16.2. The van der Waals surface area contributed by atoms with Crippen molar-refractivity contribution in [3.8, 4) is 0 Å². The van der Waals surface area contributed by atoms with Crippen molar-refractivity contribution in [1.29, 1.82) is 0 Å². The number of amides is 1. The van der Waals surface area contributed by atoms with E-state index in [2.05, 4.69) is 5.32 Å². The summed E-state index contributed by atoms with van der Waals surface area (Å²) in [6.45, 7) is 4.43. The second-order valence-electron chi connectivity index (χ2n) is 6.16. The maximum Gasteiger partial charge on any atom is 0.263 e. The quantitative estimate of drug-likeness (QED) is 0.791. The van der Waals surface area contributed by atoms with E-state index in [0.29, 0.717) is 12.2 Å². The van der Waals surface area contributed by atoms with Crippen LogP contribution in [-0.4, -0.2) is 10.5 Å². The van der Waals surface area contributed by atoms with E-state index in [1.165, 1.54) is 5.56 Å². The van der Waals surface area contributed by atoms with E-state index in [4.69, 9.17) is 0 Å². The zero-order valence-electron chi connectivity index (χ0n) is 14.3. The number of pyridine rings is 1. The Kier molecular flexibility index (Phi) is 4.80. The molecule has 126 valence electrons. The van der Waals surface area contributed by atoms with Gasteiger partial charge >= 0.3 is 0 Å². The van der Waals surface area contributed by atoms with Gasteiger partial charge in [0.15, 0.2) is 0 Å². The van der Waals surface area contributed by atoms with Crippen LogP contribution in [0.2, 0.25) is 0 Å². The number of hydrogen-bond donors (Lipinski definition) is 1.